The van der Waals surface area contributed by atoms with Gasteiger partial charge in [-0.2, -0.15) is 13.2 Å². The summed E-state index contributed by atoms with van der Waals surface area (Å²) in [5.41, 5.74) is -0.822. The lowest BCUT2D eigenvalue weighted by Gasteiger charge is -2.13. The van der Waals surface area contributed by atoms with Crippen LogP contribution in [0.2, 0.25) is 0 Å². The van der Waals surface area contributed by atoms with Gasteiger partial charge >= 0.3 is 6.18 Å². The van der Waals surface area contributed by atoms with Gasteiger partial charge in [0.05, 0.1) is 5.56 Å². The molecule has 1 aromatic rings. The van der Waals surface area contributed by atoms with Crippen LogP contribution in [0.5, 0.6) is 5.75 Å². The normalized spacial score (nSPS) is 11.7. The molecule has 0 aliphatic carbocycles. The fraction of sp³-hybridized carbons (Fsp3) is 0.400. The molecule has 0 saturated heterocycles. The Bertz CT molecular complexity index is 336. The van der Waals surface area contributed by atoms with Gasteiger partial charge in [0.1, 0.15) is 5.75 Å². The Morgan fingerprint density at radius 1 is 1.33 bits per heavy atom. The molecular formula is C10H12F3NO. The van der Waals surface area contributed by atoms with E-state index in [1.54, 1.807) is 7.05 Å². The highest BCUT2D eigenvalue weighted by Crippen LogP contribution is 2.35. The molecule has 0 heterocycles. The van der Waals surface area contributed by atoms with Gasteiger partial charge in [0.25, 0.3) is 0 Å². The average Bonchev–Trinajstić information content (AvgIpc) is 2.14. The molecular weight excluding hydrogens is 207 g/mol. The smallest absolute Gasteiger partial charge is 0.416 e. The monoisotopic (exact) mass is 219 g/mol. The zero-order chi connectivity index (χ0) is 11.5. The molecule has 0 fully saturated rings. The maximum atomic E-state index is 12.5. The third-order valence-corrected chi connectivity index (χ3v) is 2.08. The number of halogens is 3. The summed E-state index contributed by atoms with van der Waals surface area (Å²) in [6.07, 6.45) is -4.26. The predicted molar refractivity (Wildman–Crippen MR) is 50.7 cm³/mol. The fourth-order valence-corrected chi connectivity index (χ4v) is 1.35. The van der Waals surface area contributed by atoms with E-state index < -0.39 is 11.7 Å². The number of phenolic OH excluding ortho intramolecular Hbond substituents is 1. The van der Waals surface area contributed by atoms with Crippen LogP contribution in [0.3, 0.4) is 0 Å². The summed E-state index contributed by atoms with van der Waals surface area (Å²) in [6.45, 7) is 0.390. The Hall–Kier alpha value is -1.23. The summed E-state index contributed by atoms with van der Waals surface area (Å²) >= 11 is 0. The third-order valence-electron chi connectivity index (χ3n) is 2.08. The Kier molecular flexibility index (Phi) is 3.57. The Morgan fingerprint density at radius 3 is 2.53 bits per heavy atom. The molecule has 0 atom stereocenters. The van der Waals surface area contributed by atoms with Gasteiger partial charge in [0, 0.05) is 5.56 Å². The molecule has 5 heteroatoms. The van der Waals surface area contributed by atoms with Gasteiger partial charge in [-0.05, 0) is 32.1 Å². The number of benzene rings is 1. The number of nitrogens with one attached hydrogen (secondary N) is 1. The highest BCUT2D eigenvalue weighted by Gasteiger charge is 2.33. The number of aromatic hydroxyl groups is 1. The Labute approximate surface area is 85.7 Å². The number of alkyl halides is 3. The predicted octanol–water partition coefficient (Wildman–Crippen LogP) is 2.17. The second-order valence-electron chi connectivity index (χ2n) is 3.15. The molecule has 0 aromatic heterocycles. The number of likely N-dealkylation sites (N-methyl/N-ethyl adjacent to an activating group) is 1. The van der Waals surface area contributed by atoms with Crippen molar-refractivity contribution in [1.29, 1.82) is 0 Å². The standard InChI is InChI=1S/C10H12F3NO/c1-14-6-5-7-8(10(11,12)13)3-2-4-9(7)15/h2-4,14-15H,5-6H2,1H3. The molecule has 0 saturated carbocycles. The van der Waals surface area contributed by atoms with Crippen molar-refractivity contribution in [3.63, 3.8) is 0 Å². The lowest BCUT2D eigenvalue weighted by Crippen LogP contribution is -2.15. The zero-order valence-electron chi connectivity index (χ0n) is 8.23. The van der Waals surface area contributed by atoms with Gasteiger partial charge in [-0.15, -0.1) is 0 Å². The van der Waals surface area contributed by atoms with E-state index in [1.165, 1.54) is 12.1 Å². The molecule has 84 valence electrons. The van der Waals surface area contributed by atoms with E-state index in [0.717, 1.165) is 6.07 Å². The molecule has 2 N–H and O–H groups in total. The minimum Gasteiger partial charge on any atom is -0.508 e. The van der Waals surface area contributed by atoms with Crippen molar-refractivity contribution in [2.24, 2.45) is 0 Å². The van der Waals surface area contributed by atoms with Crippen LogP contribution in [0.25, 0.3) is 0 Å². The van der Waals surface area contributed by atoms with Crippen molar-refractivity contribution < 1.29 is 18.3 Å². The van der Waals surface area contributed by atoms with E-state index in [4.69, 9.17) is 0 Å². The van der Waals surface area contributed by atoms with Crippen LogP contribution in [0.4, 0.5) is 13.2 Å². The van der Waals surface area contributed by atoms with E-state index in [2.05, 4.69) is 5.32 Å². The molecule has 0 amide bonds. The van der Waals surface area contributed by atoms with Crippen molar-refractivity contribution in [3.05, 3.63) is 29.3 Å². The van der Waals surface area contributed by atoms with Crippen LogP contribution in [-0.4, -0.2) is 18.7 Å². The molecule has 0 unspecified atom stereocenters. The Balaban J connectivity index is 3.09. The lowest BCUT2D eigenvalue weighted by atomic mass is 10.0. The van der Waals surface area contributed by atoms with Crippen molar-refractivity contribution in [3.8, 4) is 5.75 Å². The second kappa shape index (κ2) is 4.53. The number of phenols is 1. The highest BCUT2D eigenvalue weighted by molar-refractivity contribution is 5.41. The number of hydrogen-bond donors (Lipinski definition) is 2. The Morgan fingerprint density at radius 2 is 2.00 bits per heavy atom. The summed E-state index contributed by atoms with van der Waals surface area (Å²) in [5.74, 6) is -0.305. The van der Waals surface area contributed by atoms with E-state index in [1.807, 2.05) is 0 Å². The van der Waals surface area contributed by atoms with Crippen molar-refractivity contribution in [1.82, 2.24) is 5.32 Å². The quantitative estimate of drug-likeness (QED) is 0.816. The average molecular weight is 219 g/mol. The fourth-order valence-electron chi connectivity index (χ4n) is 1.35. The molecule has 0 radical (unpaired) electrons. The minimum atomic E-state index is -4.41. The molecule has 0 bridgehead atoms. The third kappa shape index (κ3) is 2.86. The van der Waals surface area contributed by atoms with Gasteiger partial charge in [-0.1, -0.05) is 6.07 Å². The number of hydrogen-bond acceptors (Lipinski definition) is 2. The van der Waals surface area contributed by atoms with Crippen molar-refractivity contribution in [2.75, 3.05) is 13.6 Å². The van der Waals surface area contributed by atoms with Crippen molar-refractivity contribution >= 4 is 0 Å². The largest absolute Gasteiger partial charge is 0.508 e. The summed E-state index contributed by atoms with van der Waals surface area (Å²) < 4.78 is 37.6. The molecule has 2 nitrogen and oxygen atoms in total. The van der Waals surface area contributed by atoms with Gasteiger partial charge in [0.15, 0.2) is 0 Å². The van der Waals surface area contributed by atoms with E-state index in [0.29, 0.717) is 6.54 Å². The lowest BCUT2D eigenvalue weighted by molar-refractivity contribution is -0.138. The van der Waals surface area contributed by atoms with Gasteiger partial charge < -0.3 is 10.4 Å². The van der Waals surface area contributed by atoms with Gasteiger partial charge in [0.2, 0.25) is 0 Å². The van der Waals surface area contributed by atoms with E-state index in [9.17, 15) is 18.3 Å². The summed E-state index contributed by atoms with van der Waals surface area (Å²) in [4.78, 5) is 0. The van der Waals surface area contributed by atoms with Crippen LogP contribution >= 0.6 is 0 Å². The molecule has 1 aromatic carbocycles. The second-order valence-corrected chi connectivity index (χ2v) is 3.15. The first-order valence-corrected chi connectivity index (χ1v) is 4.49. The van der Waals surface area contributed by atoms with Gasteiger partial charge in [-0.3, -0.25) is 0 Å². The summed E-state index contributed by atoms with van der Waals surface area (Å²) in [7, 11) is 1.65. The number of rotatable bonds is 3. The maximum Gasteiger partial charge on any atom is 0.416 e. The first-order valence-electron chi connectivity index (χ1n) is 4.49. The zero-order valence-corrected chi connectivity index (χ0v) is 8.23. The molecule has 0 spiro atoms. The first kappa shape index (κ1) is 11.8. The first-order chi connectivity index (χ1) is 6.96. The minimum absolute atomic E-state index is 0.0562. The van der Waals surface area contributed by atoms with Crippen LogP contribution in [0.1, 0.15) is 11.1 Å². The van der Waals surface area contributed by atoms with Crippen LogP contribution in [0, 0.1) is 0 Å². The van der Waals surface area contributed by atoms with Crippen LogP contribution < -0.4 is 5.32 Å². The summed E-state index contributed by atoms with van der Waals surface area (Å²) in [6, 6.07) is 3.44. The van der Waals surface area contributed by atoms with Crippen LogP contribution in [0.15, 0.2) is 18.2 Å². The molecule has 1 rings (SSSR count). The van der Waals surface area contributed by atoms with Crippen LogP contribution in [-0.2, 0) is 12.6 Å². The maximum absolute atomic E-state index is 12.5. The van der Waals surface area contributed by atoms with E-state index >= 15 is 0 Å². The summed E-state index contributed by atoms with van der Waals surface area (Å²) in [5, 5.41) is 12.1. The molecule has 0 aliphatic heterocycles. The molecule has 15 heavy (non-hydrogen) atoms. The topological polar surface area (TPSA) is 32.3 Å². The van der Waals surface area contributed by atoms with Crippen molar-refractivity contribution in [2.45, 2.75) is 12.6 Å². The van der Waals surface area contributed by atoms with Gasteiger partial charge in [-0.25, -0.2) is 0 Å². The highest BCUT2D eigenvalue weighted by atomic mass is 19.4. The SMILES string of the molecule is CNCCc1c(O)cccc1C(F)(F)F. The molecule has 0 aliphatic rings. The van der Waals surface area contributed by atoms with E-state index in [-0.39, 0.29) is 17.7 Å².